The lowest BCUT2D eigenvalue weighted by Gasteiger charge is -2.66. The molecule has 0 radical (unpaired) electrons. The van der Waals surface area contributed by atoms with Gasteiger partial charge in [-0.1, -0.05) is 0 Å². The Morgan fingerprint density at radius 3 is 2.55 bits per heavy atom. The number of nitrogens with one attached hydrogen (secondary N) is 2. The minimum atomic E-state index is -0.448. The average Bonchev–Trinajstić information content (AvgIpc) is 2.30. The molecule has 0 unspecified atom stereocenters. The lowest BCUT2D eigenvalue weighted by atomic mass is 9.35. The Bertz CT molecular complexity index is 647. The van der Waals surface area contributed by atoms with E-state index in [-0.39, 0.29) is 17.4 Å². The molecule has 3 aliphatic carbocycles. The Morgan fingerprint density at radius 1 is 1.35 bits per heavy atom. The van der Waals surface area contributed by atoms with Gasteiger partial charge in [0, 0.05) is 6.20 Å². The Morgan fingerprint density at radius 2 is 2.00 bits per heavy atom. The van der Waals surface area contributed by atoms with Gasteiger partial charge >= 0.3 is 5.97 Å². The first-order chi connectivity index (χ1) is 9.41. The van der Waals surface area contributed by atoms with Crippen molar-refractivity contribution in [3.8, 4) is 0 Å². The third-order valence-corrected chi connectivity index (χ3v) is 4.84. The van der Waals surface area contributed by atoms with Gasteiger partial charge in [0.1, 0.15) is 0 Å². The van der Waals surface area contributed by atoms with E-state index in [2.05, 4.69) is 26.2 Å². The summed E-state index contributed by atoms with van der Waals surface area (Å²) in [6.45, 7) is 0. The van der Waals surface area contributed by atoms with Crippen LogP contribution in [0.2, 0.25) is 0 Å². The zero-order valence-corrected chi connectivity index (χ0v) is 12.4. The highest BCUT2D eigenvalue weighted by Crippen LogP contribution is 2.73. The van der Waals surface area contributed by atoms with E-state index in [4.69, 9.17) is 4.74 Å². The van der Waals surface area contributed by atoms with E-state index in [1.165, 1.54) is 13.3 Å². The summed E-state index contributed by atoms with van der Waals surface area (Å²) in [6.07, 6.45) is 3.08. The maximum absolute atomic E-state index is 12.2. The van der Waals surface area contributed by atoms with Crippen molar-refractivity contribution >= 4 is 33.5 Å². The SMILES string of the molecule is COC(=O)C12CC(C(=O)Nc3c[nH]c(=O)c(Br)c3)(C1)C2. The molecular formula is C13H13BrN2O4. The molecule has 2 N–H and O–H groups in total. The highest BCUT2D eigenvalue weighted by atomic mass is 79.9. The summed E-state index contributed by atoms with van der Waals surface area (Å²) < 4.78 is 5.11. The second-order valence-electron chi connectivity index (χ2n) is 5.60. The number of pyridine rings is 1. The molecule has 106 valence electrons. The number of carbonyl (C=O) groups excluding carboxylic acids is 2. The number of esters is 1. The summed E-state index contributed by atoms with van der Waals surface area (Å²) in [5.41, 5.74) is -0.606. The first-order valence-electron chi connectivity index (χ1n) is 6.19. The number of anilines is 1. The highest BCUT2D eigenvalue weighted by molar-refractivity contribution is 9.10. The number of halogens is 1. The van der Waals surface area contributed by atoms with E-state index in [1.54, 1.807) is 6.07 Å². The Balaban J connectivity index is 1.67. The normalized spacial score (nSPS) is 29.9. The molecule has 1 amide bonds. The fourth-order valence-electron chi connectivity index (χ4n) is 3.25. The van der Waals surface area contributed by atoms with Crippen LogP contribution in [0.25, 0.3) is 0 Å². The molecule has 1 aromatic heterocycles. The number of aromatic nitrogens is 1. The number of carbonyl (C=O) groups is 2. The van der Waals surface area contributed by atoms with Crippen molar-refractivity contribution < 1.29 is 14.3 Å². The van der Waals surface area contributed by atoms with E-state index in [9.17, 15) is 14.4 Å². The largest absolute Gasteiger partial charge is 0.469 e. The van der Waals surface area contributed by atoms with E-state index < -0.39 is 10.8 Å². The number of ether oxygens (including phenoxy) is 1. The predicted octanol–water partition coefficient (Wildman–Crippen LogP) is 1.42. The Kier molecular flexibility index (Phi) is 2.79. The van der Waals surface area contributed by atoms with E-state index >= 15 is 0 Å². The number of rotatable bonds is 3. The summed E-state index contributed by atoms with van der Waals surface area (Å²) in [7, 11) is 1.37. The van der Waals surface area contributed by atoms with Crippen LogP contribution in [0, 0.1) is 10.8 Å². The molecule has 6 nitrogen and oxygen atoms in total. The lowest BCUT2D eigenvalue weighted by Crippen LogP contribution is -2.69. The molecule has 7 heteroatoms. The summed E-state index contributed by atoms with van der Waals surface area (Å²) in [5.74, 6) is -0.332. The summed E-state index contributed by atoms with van der Waals surface area (Å²) in [5, 5.41) is 2.77. The second kappa shape index (κ2) is 4.18. The fourth-order valence-corrected chi connectivity index (χ4v) is 3.61. The van der Waals surface area contributed by atoms with Gasteiger partial charge in [0.2, 0.25) is 5.91 Å². The highest BCUT2D eigenvalue weighted by Gasteiger charge is 2.75. The molecule has 0 saturated heterocycles. The molecule has 1 heterocycles. The molecule has 3 saturated carbocycles. The van der Waals surface area contributed by atoms with Crippen molar-refractivity contribution in [3.05, 3.63) is 27.1 Å². The maximum Gasteiger partial charge on any atom is 0.311 e. The minimum Gasteiger partial charge on any atom is -0.469 e. The molecule has 0 atom stereocenters. The number of hydrogen-bond acceptors (Lipinski definition) is 4. The Labute approximate surface area is 123 Å². The van der Waals surface area contributed by atoms with Gasteiger partial charge in [0.25, 0.3) is 5.56 Å². The Hall–Kier alpha value is -1.63. The summed E-state index contributed by atoms with van der Waals surface area (Å²) in [6, 6.07) is 1.55. The monoisotopic (exact) mass is 340 g/mol. The van der Waals surface area contributed by atoms with Crippen LogP contribution in [-0.2, 0) is 14.3 Å². The first-order valence-corrected chi connectivity index (χ1v) is 6.98. The quantitative estimate of drug-likeness (QED) is 0.814. The number of aromatic amines is 1. The van der Waals surface area contributed by atoms with Crippen LogP contribution in [0.15, 0.2) is 21.5 Å². The van der Waals surface area contributed by atoms with Crippen molar-refractivity contribution in [3.63, 3.8) is 0 Å². The van der Waals surface area contributed by atoms with Crippen LogP contribution in [0.4, 0.5) is 5.69 Å². The standard InChI is InChI=1S/C13H13BrN2O4/c1-20-11(19)13-4-12(5-13,6-13)10(18)16-7-2-8(14)9(17)15-3-7/h2-3H,4-6H2,1H3,(H,15,17)(H,16,18). The molecule has 20 heavy (non-hydrogen) atoms. The number of methoxy groups -OCH3 is 1. The zero-order valence-electron chi connectivity index (χ0n) is 10.8. The van der Waals surface area contributed by atoms with Crippen LogP contribution in [0.3, 0.4) is 0 Å². The summed E-state index contributed by atoms with van der Waals surface area (Å²) in [4.78, 5) is 37.5. The van der Waals surface area contributed by atoms with Gasteiger partial charge in [-0.2, -0.15) is 0 Å². The van der Waals surface area contributed by atoms with Crippen LogP contribution in [0.5, 0.6) is 0 Å². The molecule has 0 aromatic carbocycles. The maximum atomic E-state index is 12.2. The van der Waals surface area contributed by atoms with Crippen LogP contribution in [0.1, 0.15) is 19.3 Å². The molecule has 4 rings (SSSR count). The van der Waals surface area contributed by atoms with Gasteiger partial charge in [-0.25, -0.2) is 0 Å². The minimum absolute atomic E-state index is 0.109. The second-order valence-corrected chi connectivity index (χ2v) is 6.46. The number of hydrogen-bond donors (Lipinski definition) is 2. The topological polar surface area (TPSA) is 88.3 Å². The zero-order chi connectivity index (χ0) is 14.5. The number of H-pyrrole nitrogens is 1. The third kappa shape index (κ3) is 1.72. The fraction of sp³-hybridized carbons (Fsp3) is 0.462. The molecule has 3 aliphatic rings. The van der Waals surface area contributed by atoms with Gasteiger partial charge in [-0.15, -0.1) is 0 Å². The van der Waals surface area contributed by atoms with Crippen molar-refractivity contribution in [1.82, 2.24) is 4.98 Å². The molecule has 3 fully saturated rings. The van der Waals surface area contributed by atoms with Gasteiger partial charge < -0.3 is 15.0 Å². The third-order valence-electron chi connectivity index (χ3n) is 4.25. The molecule has 2 bridgehead atoms. The van der Waals surface area contributed by atoms with Crippen LogP contribution < -0.4 is 10.9 Å². The van der Waals surface area contributed by atoms with Crippen molar-refractivity contribution in [1.29, 1.82) is 0 Å². The smallest absolute Gasteiger partial charge is 0.311 e. The van der Waals surface area contributed by atoms with E-state index in [0.29, 0.717) is 29.4 Å². The first kappa shape index (κ1) is 13.4. The van der Waals surface area contributed by atoms with E-state index in [1.807, 2.05) is 0 Å². The van der Waals surface area contributed by atoms with Gasteiger partial charge in [0.05, 0.1) is 28.1 Å². The molecule has 1 aromatic rings. The van der Waals surface area contributed by atoms with Crippen molar-refractivity contribution in [2.24, 2.45) is 10.8 Å². The summed E-state index contributed by atoms with van der Waals surface area (Å²) >= 11 is 3.11. The van der Waals surface area contributed by atoms with Crippen molar-refractivity contribution in [2.75, 3.05) is 12.4 Å². The molecular weight excluding hydrogens is 328 g/mol. The lowest BCUT2D eigenvalue weighted by molar-refractivity contribution is -0.220. The van der Waals surface area contributed by atoms with E-state index in [0.717, 1.165) is 0 Å². The molecule has 0 spiro atoms. The van der Waals surface area contributed by atoms with Gasteiger partial charge in [0.15, 0.2) is 0 Å². The van der Waals surface area contributed by atoms with Crippen molar-refractivity contribution in [2.45, 2.75) is 19.3 Å². The van der Waals surface area contributed by atoms with Crippen LogP contribution >= 0.6 is 15.9 Å². The number of amides is 1. The molecule has 0 aliphatic heterocycles. The van der Waals surface area contributed by atoms with Gasteiger partial charge in [-0.05, 0) is 41.3 Å². The average molecular weight is 341 g/mol. The predicted molar refractivity (Wildman–Crippen MR) is 74.1 cm³/mol. The van der Waals surface area contributed by atoms with Crippen LogP contribution in [-0.4, -0.2) is 24.0 Å². The van der Waals surface area contributed by atoms with Gasteiger partial charge in [-0.3, -0.25) is 14.4 Å².